The standard InChI is InChI=1S/C16H16FN5O/c1-20-6-8-21(9-7-20)15-11-19-22(16(23)14(15)10-18)13-4-2-12(17)3-5-13/h2-5,11H,6-9H2,1H3. The molecule has 1 aliphatic heterocycles. The van der Waals surface area contributed by atoms with E-state index in [9.17, 15) is 14.4 Å². The van der Waals surface area contributed by atoms with Crippen LogP contribution in [0.5, 0.6) is 0 Å². The number of hydrogen-bond donors (Lipinski definition) is 0. The summed E-state index contributed by atoms with van der Waals surface area (Å²) < 4.78 is 14.1. The average molecular weight is 313 g/mol. The molecule has 0 saturated carbocycles. The first-order valence-corrected chi connectivity index (χ1v) is 7.32. The van der Waals surface area contributed by atoms with Crippen LogP contribution in [0.3, 0.4) is 0 Å². The maximum atomic E-state index is 13.0. The van der Waals surface area contributed by atoms with Crippen LogP contribution in [0.15, 0.2) is 35.3 Å². The van der Waals surface area contributed by atoms with Crippen molar-refractivity contribution >= 4 is 5.69 Å². The average Bonchev–Trinajstić information content (AvgIpc) is 2.56. The van der Waals surface area contributed by atoms with Crippen LogP contribution in [-0.4, -0.2) is 47.9 Å². The van der Waals surface area contributed by atoms with Gasteiger partial charge in [-0.1, -0.05) is 0 Å². The van der Waals surface area contributed by atoms with Crippen LogP contribution in [0.1, 0.15) is 5.56 Å². The van der Waals surface area contributed by atoms with Crippen LogP contribution in [0.25, 0.3) is 5.69 Å². The molecule has 1 fully saturated rings. The predicted molar refractivity (Wildman–Crippen MR) is 84.2 cm³/mol. The molecule has 0 bridgehead atoms. The number of likely N-dealkylation sites (N-methyl/N-ethyl adjacent to an activating group) is 1. The van der Waals surface area contributed by atoms with Crippen LogP contribution in [0.4, 0.5) is 10.1 Å². The van der Waals surface area contributed by atoms with Crippen molar-refractivity contribution in [2.24, 2.45) is 0 Å². The Bertz CT molecular complexity index is 801. The topological polar surface area (TPSA) is 65.2 Å². The second kappa shape index (κ2) is 6.18. The highest BCUT2D eigenvalue weighted by Gasteiger charge is 2.20. The largest absolute Gasteiger partial charge is 0.366 e. The van der Waals surface area contributed by atoms with Crippen molar-refractivity contribution in [2.75, 3.05) is 38.1 Å². The fourth-order valence-corrected chi connectivity index (χ4v) is 2.60. The zero-order valence-corrected chi connectivity index (χ0v) is 12.7. The Balaban J connectivity index is 2.02. The molecular formula is C16H16FN5O. The number of piperazine rings is 1. The maximum absolute atomic E-state index is 13.0. The molecule has 0 spiro atoms. The maximum Gasteiger partial charge on any atom is 0.291 e. The third-order valence-corrected chi connectivity index (χ3v) is 3.98. The van der Waals surface area contributed by atoms with E-state index in [1.807, 2.05) is 18.0 Å². The molecule has 23 heavy (non-hydrogen) atoms. The fraction of sp³-hybridized carbons (Fsp3) is 0.312. The molecule has 0 amide bonds. The van der Waals surface area contributed by atoms with Crippen LogP contribution >= 0.6 is 0 Å². The first-order chi connectivity index (χ1) is 11.1. The van der Waals surface area contributed by atoms with Gasteiger partial charge in [0.15, 0.2) is 0 Å². The molecule has 0 aliphatic carbocycles. The van der Waals surface area contributed by atoms with Gasteiger partial charge < -0.3 is 9.80 Å². The van der Waals surface area contributed by atoms with Crippen molar-refractivity contribution in [2.45, 2.75) is 0 Å². The lowest BCUT2D eigenvalue weighted by Crippen LogP contribution is -2.45. The van der Waals surface area contributed by atoms with E-state index in [1.54, 1.807) is 0 Å². The van der Waals surface area contributed by atoms with Gasteiger partial charge in [0, 0.05) is 26.2 Å². The summed E-state index contributed by atoms with van der Waals surface area (Å²) in [6, 6.07) is 7.42. The zero-order chi connectivity index (χ0) is 16.4. The van der Waals surface area contributed by atoms with Crippen LogP contribution in [-0.2, 0) is 0 Å². The normalized spacial score (nSPS) is 15.4. The van der Waals surface area contributed by atoms with E-state index in [0.29, 0.717) is 11.4 Å². The molecule has 0 N–H and O–H groups in total. The third-order valence-electron chi connectivity index (χ3n) is 3.98. The van der Waals surface area contributed by atoms with Crippen molar-refractivity contribution in [1.82, 2.24) is 14.7 Å². The van der Waals surface area contributed by atoms with E-state index in [4.69, 9.17) is 0 Å². The number of hydrogen-bond acceptors (Lipinski definition) is 5. The molecule has 6 nitrogen and oxygen atoms in total. The Labute approximate surface area is 133 Å². The summed E-state index contributed by atoms with van der Waals surface area (Å²) in [6.45, 7) is 3.22. The monoisotopic (exact) mass is 313 g/mol. The Kier molecular flexibility index (Phi) is 4.08. The van der Waals surface area contributed by atoms with E-state index in [1.165, 1.54) is 30.5 Å². The SMILES string of the molecule is CN1CCN(c2cnn(-c3ccc(F)cc3)c(=O)c2C#N)CC1. The highest BCUT2D eigenvalue weighted by molar-refractivity contribution is 5.57. The second-order valence-electron chi connectivity index (χ2n) is 5.50. The van der Waals surface area contributed by atoms with Crippen molar-refractivity contribution in [3.05, 3.63) is 52.2 Å². The summed E-state index contributed by atoms with van der Waals surface area (Å²) in [7, 11) is 2.04. The molecule has 1 saturated heterocycles. The van der Waals surface area contributed by atoms with E-state index in [-0.39, 0.29) is 5.56 Å². The van der Waals surface area contributed by atoms with Gasteiger partial charge in [0.25, 0.3) is 5.56 Å². The Morgan fingerprint density at radius 3 is 2.43 bits per heavy atom. The predicted octanol–water partition coefficient (Wildman–Crippen LogP) is 0.995. The van der Waals surface area contributed by atoms with Gasteiger partial charge in [-0.25, -0.2) is 4.39 Å². The molecule has 0 unspecified atom stereocenters. The Morgan fingerprint density at radius 2 is 1.83 bits per heavy atom. The first-order valence-electron chi connectivity index (χ1n) is 7.32. The summed E-state index contributed by atoms with van der Waals surface area (Å²) in [6.07, 6.45) is 1.54. The summed E-state index contributed by atoms with van der Waals surface area (Å²) in [4.78, 5) is 16.8. The van der Waals surface area contributed by atoms with Gasteiger partial charge >= 0.3 is 0 Å². The first kappa shape index (κ1) is 15.2. The number of nitriles is 1. The molecule has 1 aromatic heterocycles. The number of anilines is 1. The van der Waals surface area contributed by atoms with Gasteiger partial charge in [0.1, 0.15) is 17.4 Å². The summed E-state index contributed by atoms with van der Waals surface area (Å²) >= 11 is 0. The van der Waals surface area contributed by atoms with Crippen LogP contribution in [0, 0.1) is 17.1 Å². The number of halogens is 1. The smallest absolute Gasteiger partial charge is 0.291 e. The third kappa shape index (κ3) is 2.94. The molecule has 7 heteroatoms. The van der Waals surface area contributed by atoms with Gasteiger partial charge in [0.05, 0.1) is 17.6 Å². The van der Waals surface area contributed by atoms with E-state index in [0.717, 1.165) is 30.9 Å². The lowest BCUT2D eigenvalue weighted by molar-refractivity contribution is 0.312. The number of aromatic nitrogens is 2. The number of nitrogens with zero attached hydrogens (tertiary/aromatic N) is 5. The highest BCUT2D eigenvalue weighted by atomic mass is 19.1. The molecule has 2 heterocycles. The van der Waals surface area contributed by atoms with Crippen LogP contribution < -0.4 is 10.5 Å². The minimum atomic E-state index is -0.490. The molecule has 3 rings (SSSR count). The van der Waals surface area contributed by atoms with E-state index < -0.39 is 11.4 Å². The minimum absolute atomic E-state index is 0.0638. The van der Waals surface area contributed by atoms with Gasteiger partial charge in [0.2, 0.25) is 0 Å². The molecule has 0 radical (unpaired) electrons. The van der Waals surface area contributed by atoms with Gasteiger partial charge in [-0.05, 0) is 31.3 Å². The van der Waals surface area contributed by atoms with Crippen molar-refractivity contribution in [3.63, 3.8) is 0 Å². The van der Waals surface area contributed by atoms with E-state index >= 15 is 0 Å². The molecule has 2 aromatic rings. The molecule has 1 aliphatic rings. The fourth-order valence-electron chi connectivity index (χ4n) is 2.60. The second-order valence-corrected chi connectivity index (χ2v) is 5.50. The highest BCUT2D eigenvalue weighted by Crippen LogP contribution is 2.18. The quantitative estimate of drug-likeness (QED) is 0.827. The number of rotatable bonds is 2. The van der Waals surface area contributed by atoms with Gasteiger partial charge in [-0.15, -0.1) is 0 Å². The van der Waals surface area contributed by atoms with E-state index in [2.05, 4.69) is 10.00 Å². The molecule has 0 atom stereocenters. The lowest BCUT2D eigenvalue weighted by Gasteiger charge is -2.34. The Morgan fingerprint density at radius 1 is 1.17 bits per heavy atom. The van der Waals surface area contributed by atoms with Crippen molar-refractivity contribution in [1.29, 1.82) is 5.26 Å². The summed E-state index contributed by atoms with van der Waals surface area (Å²) in [5.74, 6) is -0.392. The van der Waals surface area contributed by atoms with Crippen molar-refractivity contribution in [3.8, 4) is 11.8 Å². The molecule has 1 aromatic carbocycles. The van der Waals surface area contributed by atoms with Crippen LogP contribution in [0.2, 0.25) is 0 Å². The number of benzene rings is 1. The van der Waals surface area contributed by atoms with Gasteiger partial charge in [-0.3, -0.25) is 4.79 Å². The molecular weight excluding hydrogens is 297 g/mol. The summed E-state index contributed by atoms with van der Waals surface area (Å²) in [5.41, 5.74) is 0.561. The minimum Gasteiger partial charge on any atom is -0.366 e. The van der Waals surface area contributed by atoms with Crippen molar-refractivity contribution < 1.29 is 4.39 Å². The molecule has 118 valence electrons. The lowest BCUT2D eigenvalue weighted by atomic mass is 10.2. The Hall–Kier alpha value is -2.72. The zero-order valence-electron chi connectivity index (χ0n) is 12.7. The summed E-state index contributed by atoms with van der Waals surface area (Å²) in [5, 5.41) is 13.6. The van der Waals surface area contributed by atoms with Gasteiger partial charge in [-0.2, -0.15) is 15.0 Å².